The Morgan fingerprint density at radius 3 is 2.71 bits per heavy atom. The molecule has 0 radical (unpaired) electrons. The summed E-state index contributed by atoms with van der Waals surface area (Å²) in [5, 5.41) is 9.33. The Hall–Kier alpha value is -1.46. The molecule has 0 fully saturated rings. The van der Waals surface area contributed by atoms with Crippen molar-refractivity contribution in [3.8, 4) is 5.75 Å². The van der Waals surface area contributed by atoms with E-state index in [9.17, 15) is 5.11 Å². The highest BCUT2D eigenvalue weighted by Crippen LogP contribution is 2.23. The molecule has 0 aliphatic carbocycles. The first-order chi connectivity index (χ1) is 6.63. The smallest absolute Gasteiger partial charge is 0.116 e. The van der Waals surface area contributed by atoms with Gasteiger partial charge in [0.15, 0.2) is 0 Å². The molecular weight excluding hydrogens is 172 g/mol. The third-order valence-electron chi connectivity index (χ3n) is 2.02. The van der Waals surface area contributed by atoms with Gasteiger partial charge >= 0.3 is 0 Å². The lowest BCUT2D eigenvalue weighted by Crippen LogP contribution is -1.90. The molecule has 0 atom stereocenters. The van der Waals surface area contributed by atoms with Crippen LogP contribution in [0.3, 0.4) is 0 Å². The molecule has 0 spiro atoms. The van der Waals surface area contributed by atoms with Gasteiger partial charge in [-0.05, 0) is 30.0 Å². The van der Waals surface area contributed by atoms with Gasteiger partial charge in [-0.1, -0.05) is 32.6 Å². The monoisotopic (exact) mass is 188 g/mol. The lowest BCUT2D eigenvalue weighted by molar-refractivity contribution is 0.475. The third-order valence-corrected chi connectivity index (χ3v) is 2.02. The van der Waals surface area contributed by atoms with Gasteiger partial charge in [-0.15, -0.1) is 5.73 Å². The minimum absolute atomic E-state index is 0.291. The molecule has 14 heavy (non-hydrogen) atoms. The summed E-state index contributed by atoms with van der Waals surface area (Å²) in [6.07, 6.45) is 0.937. The van der Waals surface area contributed by atoms with Gasteiger partial charge in [-0.2, -0.15) is 0 Å². The van der Waals surface area contributed by atoms with Gasteiger partial charge in [0, 0.05) is 5.57 Å². The van der Waals surface area contributed by atoms with Crippen LogP contribution < -0.4 is 0 Å². The van der Waals surface area contributed by atoms with E-state index in [0.717, 1.165) is 17.6 Å². The standard InChI is InChI=1S/C13H16O/c1-4-11(8-10(2)3)12-6-5-7-13(14)9-12/h5-7,9-10,14H,1,8H2,2-3H3. The molecule has 1 N–H and O–H groups in total. The van der Waals surface area contributed by atoms with Crippen LogP contribution in [0.25, 0.3) is 5.57 Å². The average molecular weight is 188 g/mol. The molecule has 0 aliphatic rings. The van der Waals surface area contributed by atoms with E-state index in [0.29, 0.717) is 11.7 Å². The van der Waals surface area contributed by atoms with E-state index in [1.54, 1.807) is 12.1 Å². The van der Waals surface area contributed by atoms with Crippen LogP contribution in [0.5, 0.6) is 5.75 Å². The number of allylic oxidation sites excluding steroid dienone is 1. The van der Waals surface area contributed by atoms with Gasteiger partial charge in [0.05, 0.1) is 0 Å². The molecule has 0 saturated heterocycles. The Bertz CT molecular complexity index is 357. The second-order valence-electron chi connectivity index (χ2n) is 3.80. The van der Waals surface area contributed by atoms with Crippen molar-refractivity contribution in [3.63, 3.8) is 0 Å². The molecule has 0 amide bonds. The number of hydrogen-bond acceptors (Lipinski definition) is 1. The molecule has 1 aromatic carbocycles. The van der Waals surface area contributed by atoms with E-state index in [-0.39, 0.29) is 0 Å². The fourth-order valence-electron chi connectivity index (χ4n) is 1.39. The molecule has 0 heterocycles. The van der Waals surface area contributed by atoms with Crippen LogP contribution in [0.1, 0.15) is 25.8 Å². The van der Waals surface area contributed by atoms with Crippen LogP contribution in [0.4, 0.5) is 0 Å². The molecule has 0 aromatic heterocycles. The second-order valence-corrected chi connectivity index (χ2v) is 3.80. The van der Waals surface area contributed by atoms with Gasteiger partial charge in [0.1, 0.15) is 5.75 Å². The Kier molecular flexibility index (Phi) is 3.55. The molecule has 1 rings (SSSR count). The quantitative estimate of drug-likeness (QED) is 0.718. The first-order valence-corrected chi connectivity index (χ1v) is 4.82. The Labute approximate surface area is 85.4 Å². The number of hydrogen-bond donors (Lipinski definition) is 1. The zero-order valence-electron chi connectivity index (χ0n) is 8.75. The summed E-state index contributed by atoms with van der Waals surface area (Å²) in [4.78, 5) is 0. The maximum atomic E-state index is 9.33. The van der Waals surface area contributed by atoms with E-state index in [2.05, 4.69) is 26.2 Å². The average Bonchev–Trinajstić information content (AvgIpc) is 2.14. The van der Waals surface area contributed by atoms with Crippen molar-refractivity contribution in [2.45, 2.75) is 20.3 Å². The number of rotatable bonds is 3. The van der Waals surface area contributed by atoms with Gasteiger partial charge in [0.2, 0.25) is 0 Å². The number of phenolic OH excluding ortho intramolecular Hbond substituents is 1. The summed E-state index contributed by atoms with van der Waals surface area (Å²) in [5.41, 5.74) is 5.01. The van der Waals surface area contributed by atoms with Gasteiger partial charge in [0.25, 0.3) is 0 Å². The van der Waals surface area contributed by atoms with Crippen LogP contribution >= 0.6 is 0 Å². The summed E-state index contributed by atoms with van der Waals surface area (Å²) >= 11 is 0. The minimum Gasteiger partial charge on any atom is -0.508 e. The van der Waals surface area contributed by atoms with Crippen LogP contribution in [-0.2, 0) is 0 Å². The number of phenols is 1. The summed E-state index contributed by atoms with van der Waals surface area (Å²) in [7, 11) is 0. The van der Waals surface area contributed by atoms with Crippen molar-refractivity contribution in [3.05, 3.63) is 42.1 Å². The maximum Gasteiger partial charge on any atom is 0.116 e. The fraction of sp³-hybridized carbons (Fsp3) is 0.308. The van der Waals surface area contributed by atoms with Crippen molar-refractivity contribution < 1.29 is 5.11 Å². The van der Waals surface area contributed by atoms with Gasteiger partial charge in [-0.3, -0.25) is 0 Å². The van der Waals surface area contributed by atoms with Gasteiger partial charge < -0.3 is 5.11 Å². The Balaban J connectivity index is 2.96. The molecule has 1 nitrogen and oxygen atoms in total. The molecule has 0 aliphatic heterocycles. The molecule has 1 heteroatoms. The highest BCUT2D eigenvalue weighted by atomic mass is 16.3. The van der Waals surface area contributed by atoms with Crippen molar-refractivity contribution in [2.75, 3.05) is 0 Å². The van der Waals surface area contributed by atoms with Crippen LogP contribution in [0, 0.1) is 5.92 Å². The topological polar surface area (TPSA) is 20.2 Å². The summed E-state index contributed by atoms with van der Waals surface area (Å²) < 4.78 is 0. The van der Waals surface area contributed by atoms with Crippen LogP contribution in [0.15, 0.2) is 36.6 Å². The van der Waals surface area contributed by atoms with Crippen molar-refractivity contribution in [1.29, 1.82) is 0 Å². The first kappa shape index (κ1) is 10.6. The van der Waals surface area contributed by atoms with E-state index in [1.807, 2.05) is 12.1 Å². The van der Waals surface area contributed by atoms with E-state index in [4.69, 9.17) is 0 Å². The molecule has 0 bridgehead atoms. The van der Waals surface area contributed by atoms with Crippen molar-refractivity contribution in [2.24, 2.45) is 5.92 Å². The fourth-order valence-corrected chi connectivity index (χ4v) is 1.39. The molecule has 1 aromatic rings. The highest BCUT2D eigenvalue weighted by Gasteiger charge is 2.04. The molecular formula is C13H16O. The van der Waals surface area contributed by atoms with Crippen LogP contribution in [-0.4, -0.2) is 5.11 Å². The SMILES string of the molecule is C=C=C(CC(C)C)c1cccc(O)c1. The lowest BCUT2D eigenvalue weighted by Gasteiger charge is -2.08. The molecule has 0 unspecified atom stereocenters. The van der Waals surface area contributed by atoms with Crippen molar-refractivity contribution in [1.82, 2.24) is 0 Å². The normalized spacial score (nSPS) is 9.93. The molecule has 74 valence electrons. The second kappa shape index (κ2) is 4.69. The first-order valence-electron chi connectivity index (χ1n) is 4.82. The zero-order chi connectivity index (χ0) is 10.6. The predicted octanol–water partition coefficient (Wildman–Crippen LogP) is 3.61. The molecule has 0 saturated carbocycles. The largest absolute Gasteiger partial charge is 0.508 e. The van der Waals surface area contributed by atoms with E-state index in [1.165, 1.54) is 0 Å². The highest BCUT2D eigenvalue weighted by molar-refractivity contribution is 5.65. The number of benzene rings is 1. The van der Waals surface area contributed by atoms with Crippen molar-refractivity contribution >= 4 is 5.57 Å². The van der Waals surface area contributed by atoms with E-state index < -0.39 is 0 Å². The Morgan fingerprint density at radius 2 is 2.21 bits per heavy atom. The lowest BCUT2D eigenvalue weighted by atomic mass is 9.97. The van der Waals surface area contributed by atoms with E-state index >= 15 is 0 Å². The zero-order valence-corrected chi connectivity index (χ0v) is 8.75. The third kappa shape index (κ3) is 2.79. The summed E-state index contributed by atoms with van der Waals surface area (Å²) in [6, 6.07) is 7.22. The Morgan fingerprint density at radius 1 is 1.50 bits per heavy atom. The van der Waals surface area contributed by atoms with Crippen LogP contribution in [0.2, 0.25) is 0 Å². The minimum atomic E-state index is 0.291. The maximum absolute atomic E-state index is 9.33. The summed E-state index contributed by atoms with van der Waals surface area (Å²) in [6.45, 7) is 7.98. The van der Waals surface area contributed by atoms with Gasteiger partial charge in [-0.25, -0.2) is 0 Å². The summed E-state index contributed by atoms with van der Waals surface area (Å²) in [5.74, 6) is 0.862. The predicted molar refractivity (Wildman–Crippen MR) is 60.1 cm³/mol. The number of aromatic hydroxyl groups is 1.